The van der Waals surface area contributed by atoms with E-state index in [4.69, 9.17) is 11.6 Å². The number of nitrogens with zero attached hydrogens (tertiary/aromatic N) is 2. The van der Waals surface area contributed by atoms with E-state index in [-0.39, 0.29) is 5.82 Å². The van der Waals surface area contributed by atoms with Gasteiger partial charge in [0.2, 0.25) is 0 Å². The number of allylic oxidation sites excluding steroid dienone is 2. The van der Waals surface area contributed by atoms with Gasteiger partial charge in [-0.15, -0.1) is 0 Å². The third kappa shape index (κ3) is 3.30. The maximum Gasteiger partial charge on any atom is 0.123 e. The van der Waals surface area contributed by atoms with E-state index in [0.717, 1.165) is 42.1 Å². The summed E-state index contributed by atoms with van der Waals surface area (Å²) in [5.41, 5.74) is 7.36. The van der Waals surface area contributed by atoms with Crippen molar-refractivity contribution in [3.8, 4) is 0 Å². The number of halogens is 2. The molecule has 4 rings (SSSR count). The molecule has 0 unspecified atom stereocenters. The molecular formula is C23H24ClFN2. The molecule has 0 spiro atoms. The summed E-state index contributed by atoms with van der Waals surface area (Å²) in [4.78, 5) is 2.38. The van der Waals surface area contributed by atoms with Gasteiger partial charge >= 0.3 is 0 Å². The van der Waals surface area contributed by atoms with Crippen molar-refractivity contribution in [2.75, 3.05) is 20.1 Å². The molecule has 0 amide bonds. The normalized spacial score (nSPS) is 16.2. The van der Waals surface area contributed by atoms with Gasteiger partial charge in [0, 0.05) is 41.3 Å². The first-order valence-corrected chi connectivity index (χ1v) is 9.77. The predicted octanol–water partition coefficient (Wildman–Crippen LogP) is 5.87. The molecule has 2 nitrogen and oxygen atoms in total. The second-order valence-electron chi connectivity index (χ2n) is 7.44. The molecule has 1 aliphatic heterocycles. The summed E-state index contributed by atoms with van der Waals surface area (Å²) in [5, 5.41) is 2.02. The Labute approximate surface area is 164 Å². The minimum atomic E-state index is -0.206. The zero-order valence-electron chi connectivity index (χ0n) is 16.0. The van der Waals surface area contributed by atoms with Gasteiger partial charge in [-0.25, -0.2) is 4.39 Å². The van der Waals surface area contributed by atoms with E-state index in [1.165, 1.54) is 40.0 Å². The lowest BCUT2D eigenvalue weighted by Gasteiger charge is -2.17. The Balaban J connectivity index is 1.95. The van der Waals surface area contributed by atoms with Crippen molar-refractivity contribution in [1.29, 1.82) is 0 Å². The fourth-order valence-corrected chi connectivity index (χ4v) is 4.27. The van der Waals surface area contributed by atoms with Gasteiger partial charge in [-0.1, -0.05) is 23.7 Å². The van der Waals surface area contributed by atoms with Crippen LogP contribution in [0.25, 0.3) is 22.2 Å². The number of hydrogen-bond acceptors (Lipinski definition) is 1. The molecule has 0 aliphatic carbocycles. The minimum absolute atomic E-state index is 0.206. The van der Waals surface area contributed by atoms with Crippen LogP contribution < -0.4 is 0 Å². The number of aromatic nitrogens is 1. The molecule has 4 heteroatoms. The van der Waals surface area contributed by atoms with Crippen LogP contribution >= 0.6 is 11.6 Å². The van der Waals surface area contributed by atoms with Crippen LogP contribution in [0.1, 0.15) is 30.7 Å². The standard InChI is InChI=1S/C23H24ClFN2/c1-15(17-4-7-19(25)8-5-17)16(2)27-22-9-6-18(24)14-21(22)20-10-12-26(3)13-11-23(20)27/h4-9,14H,10-13H2,1-3H3/b16-15+. The SMILES string of the molecule is C/C(=C(/C)n1c2c(c3cc(Cl)ccc31)CCN(C)CC2)c1ccc(F)cc1. The largest absolute Gasteiger partial charge is 0.317 e. The van der Waals surface area contributed by atoms with Gasteiger partial charge in [0.25, 0.3) is 0 Å². The number of benzene rings is 2. The smallest absolute Gasteiger partial charge is 0.123 e. The van der Waals surface area contributed by atoms with Gasteiger partial charge in [-0.3, -0.25) is 0 Å². The second kappa shape index (κ2) is 7.14. The van der Waals surface area contributed by atoms with Crippen molar-refractivity contribution in [2.24, 2.45) is 0 Å². The Kier molecular flexibility index (Phi) is 4.83. The van der Waals surface area contributed by atoms with Gasteiger partial charge < -0.3 is 9.47 Å². The minimum Gasteiger partial charge on any atom is -0.317 e. The van der Waals surface area contributed by atoms with Crippen LogP contribution in [0.15, 0.2) is 42.5 Å². The molecule has 140 valence electrons. The number of likely N-dealkylation sites (N-methyl/N-ethyl adjacent to an activating group) is 1. The van der Waals surface area contributed by atoms with E-state index in [1.54, 1.807) is 0 Å². The van der Waals surface area contributed by atoms with E-state index in [0.29, 0.717) is 0 Å². The molecule has 27 heavy (non-hydrogen) atoms. The van der Waals surface area contributed by atoms with Crippen molar-refractivity contribution >= 4 is 33.8 Å². The van der Waals surface area contributed by atoms with Gasteiger partial charge in [0.15, 0.2) is 0 Å². The van der Waals surface area contributed by atoms with Crippen LogP contribution in [0.3, 0.4) is 0 Å². The molecule has 2 aromatic carbocycles. The second-order valence-corrected chi connectivity index (χ2v) is 7.88. The van der Waals surface area contributed by atoms with Crippen molar-refractivity contribution in [3.05, 3.63) is 70.1 Å². The molecule has 0 bridgehead atoms. The highest BCUT2D eigenvalue weighted by Crippen LogP contribution is 2.35. The highest BCUT2D eigenvalue weighted by molar-refractivity contribution is 6.31. The average molecular weight is 383 g/mol. The molecule has 1 aliphatic rings. The lowest BCUT2D eigenvalue weighted by Crippen LogP contribution is -2.21. The molecule has 0 N–H and O–H groups in total. The molecule has 0 atom stereocenters. The summed E-state index contributed by atoms with van der Waals surface area (Å²) < 4.78 is 15.7. The van der Waals surface area contributed by atoms with Gasteiger partial charge in [0.05, 0.1) is 5.52 Å². The zero-order valence-corrected chi connectivity index (χ0v) is 16.8. The summed E-state index contributed by atoms with van der Waals surface area (Å²) in [6.07, 6.45) is 2.03. The Hall–Kier alpha value is -2.10. The number of fused-ring (bicyclic) bond motifs is 3. The van der Waals surface area contributed by atoms with Crippen LogP contribution in [0.2, 0.25) is 5.02 Å². The Morgan fingerprint density at radius 3 is 2.44 bits per heavy atom. The summed E-state index contributed by atoms with van der Waals surface area (Å²) in [7, 11) is 2.18. The Bertz CT molecular complexity index is 1030. The van der Waals surface area contributed by atoms with E-state index < -0.39 is 0 Å². The quantitative estimate of drug-likeness (QED) is 0.538. The number of rotatable bonds is 2. The van der Waals surface area contributed by atoms with Crippen LogP contribution in [0.5, 0.6) is 0 Å². The van der Waals surface area contributed by atoms with Crippen LogP contribution in [0, 0.1) is 5.82 Å². The first kappa shape index (κ1) is 18.3. The lowest BCUT2D eigenvalue weighted by atomic mass is 10.1. The fraction of sp³-hybridized carbons (Fsp3) is 0.304. The lowest BCUT2D eigenvalue weighted by molar-refractivity contribution is 0.351. The summed E-state index contributed by atoms with van der Waals surface area (Å²) in [5.74, 6) is -0.206. The average Bonchev–Trinajstić information content (AvgIpc) is 2.83. The molecule has 0 saturated carbocycles. The highest BCUT2D eigenvalue weighted by Gasteiger charge is 2.22. The molecule has 2 heterocycles. The molecule has 1 aromatic heterocycles. The van der Waals surface area contributed by atoms with Crippen LogP contribution in [-0.4, -0.2) is 29.6 Å². The van der Waals surface area contributed by atoms with E-state index in [9.17, 15) is 4.39 Å². The number of hydrogen-bond donors (Lipinski definition) is 0. The summed E-state index contributed by atoms with van der Waals surface area (Å²) in [6, 6.07) is 12.9. The zero-order chi connectivity index (χ0) is 19.1. The molecule has 0 fully saturated rings. The summed E-state index contributed by atoms with van der Waals surface area (Å²) >= 11 is 6.33. The third-order valence-electron chi connectivity index (χ3n) is 5.77. The summed E-state index contributed by atoms with van der Waals surface area (Å²) in [6.45, 7) is 6.36. The molecular weight excluding hydrogens is 359 g/mol. The van der Waals surface area contributed by atoms with Gasteiger partial charge in [-0.05, 0) is 74.3 Å². The maximum atomic E-state index is 13.3. The van der Waals surface area contributed by atoms with E-state index in [1.807, 2.05) is 18.2 Å². The highest BCUT2D eigenvalue weighted by atomic mass is 35.5. The monoisotopic (exact) mass is 382 g/mol. The topological polar surface area (TPSA) is 8.17 Å². The van der Waals surface area contributed by atoms with E-state index >= 15 is 0 Å². The van der Waals surface area contributed by atoms with Crippen molar-refractivity contribution in [2.45, 2.75) is 26.7 Å². The third-order valence-corrected chi connectivity index (χ3v) is 6.01. The van der Waals surface area contributed by atoms with Gasteiger partial charge in [-0.2, -0.15) is 0 Å². The van der Waals surface area contributed by atoms with Crippen molar-refractivity contribution in [3.63, 3.8) is 0 Å². The van der Waals surface area contributed by atoms with Gasteiger partial charge in [0.1, 0.15) is 5.82 Å². The van der Waals surface area contributed by atoms with Crippen molar-refractivity contribution < 1.29 is 4.39 Å². The van der Waals surface area contributed by atoms with Crippen molar-refractivity contribution in [1.82, 2.24) is 9.47 Å². The fourth-order valence-electron chi connectivity index (χ4n) is 4.09. The maximum absolute atomic E-state index is 13.3. The molecule has 3 aromatic rings. The van der Waals surface area contributed by atoms with Crippen LogP contribution in [-0.2, 0) is 12.8 Å². The Morgan fingerprint density at radius 1 is 1.00 bits per heavy atom. The molecule has 0 saturated heterocycles. The Morgan fingerprint density at radius 2 is 1.70 bits per heavy atom. The first-order valence-electron chi connectivity index (χ1n) is 9.39. The first-order chi connectivity index (χ1) is 13.0. The predicted molar refractivity (Wildman–Crippen MR) is 113 cm³/mol. The van der Waals surface area contributed by atoms with E-state index in [2.05, 4.69) is 42.5 Å². The molecule has 0 radical (unpaired) electrons. The van der Waals surface area contributed by atoms with Crippen LogP contribution in [0.4, 0.5) is 4.39 Å².